The third-order valence-electron chi connectivity index (χ3n) is 4.92. The quantitative estimate of drug-likeness (QED) is 0.620. The first-order chi connectivity index (χ1) is 14.1. The van der Waals surface area contributed by atoms with Gasteiger partial charge in [-0.05, 0) is 50.4 Å². The maximum Gasteiger partial charge on any atom is 0.231 e. The van der Waals surface area contributed by atoms with Crippen molar-refractivity contribution in [2.45, 2.75) is 6.92 Å². The Morgan fingerprint density at radius 1 is 1.00 bits per heavy atom. The van der Waals surface area contributed by atoms with Crippen LogP contribution in [-0.4, -0.2) is 59.1 Å². The average molecular weight is 393 g/mol. The number of hydrazone groups is 1. The van der Waals surface area contributed by atoms with Crippen LogP contribution in [0.15, 0.2) is 59.7 Å². The van der Waals surface area contributed by atoms with Crippen molar-refractivity contribution in [1.82, 2.24) is 19.7 Å². The molecule has 3 aromatic rings. The Kier molecular flexibility index (Phi) is 5.57. The summed E-state index contributed by atoms with van der Waals surface area (Å²) in [4.78, 5) is 2.29. The van der Waals surface area contributed by atoms with Gasteiger partial charge >= 0.3 is 0 Å². The first-order valence-corrected chi connectivity index (χ1v) is 9.66. The normalized spacial score (nSPS) is 15.2. The molecule has 0 spiro atoms. The van der Waals surface area contributed by atoms with Gasteiger partial charge in [0.1, 0.15) is 11.6 Å². The summed E-state index contributed by atoms with van der Waals surface area (Å²) in [6.07, 6.45) is 1.81. The number of ether oxygens (including phenoxy) is 1. The SMILES string of the molecule is Cc1nn(-c2ccccc2)c(Oc2ccc(F)cc2)c1C=NN1CCN(C)CC1. The number of halogens is 1. The van der Waals surface area contributed by atoms with Crippen LogP contribution in [0.25, 0.3) is 5.69 Å². The van der Waals surface area contributed by atoms with Crippen LogP contribution in [0.2, 0.25) is 0 Å². The molecule has 1 aliphatic rings. The Hall–Kier alpha value is -3.19. The van der Waals surface area contributed by atoms with E-state index in [0.717, 1.165) is 43.1 Å². The molecule has 1 aromatic heterocycles. The molecule has 0 saturated carbocycles. The van der Waals surface area contributed by atoms with Gasteiger partial charge in [-0.15, -0.1) is 0 Å². The van der Waals surface area contributed by atoms with Gasteiger partial charge in [-0.3, -0.25) is 5.01 Å². The predicted molar refractivity (Wildman–Crippen MR) is 111 cm³/mol. The van der Waals surface area contributed by atoms with Crippen LogP contribution in [-0.2, 0) is 0 Å². The molecule has 7 heteroatoms. The van der Waals surface area contributed by atoms with E-state index in [-0.39, 0.29) is 5.82 Å². The number of aryl methyl sites for hydroxylation is 1. The van der Waals surface area contributed by atoms with Crippen molar-refractivity contribution in [2.24, 2.45) is 5.10 Å². The fourth-order valence-corrected chi connectivity index (χ4v) is 3.17. The monoisotopic (exact) mass is 393 g/mol. The van der Waals surface area contributed by atoms with E-state index >= 15 is 0 Å². The molecule has 0 N–H and O–H groups in total. The van der Waals surface area contributed by atoms with E-state index in [1.165, 1.54) is 12.1 Å². The van der Waals surface area contributed by atoms with Crippen LogP contribution in [0.1, 0.15) is 11.3 Å². The van der Waals surface area contributed by atoms with Crippen molar-refractivity contribution in [3.05, 3.63) is 71.7 Å². The van der Waals surface area contributed by atoms with Gasteiger partial charge in [0, 0.05) is 26.2 Å². The largest absolute Gasteiger partial charge is 0.438 e. The number of nitrogens with zero attached hydrogens (tertiary/aromatic N) is 5. The molecule has 4 rings (SSSR count). The molecule has 1 fully saturated rings. The van der Waals surface area contributed by atoms with Crippen LogP contribution < -0.4 is 4.74 Å². The zero-order chi connectivity index (χ0) is 20.2. The molecule has 1 aliphatic heterocycles. The first-order valence-electron chi connectivity index (χ1n) is 9.66. The summed E-state index contributed by atoms with van der Waals surface area (Å²) in [5, 5.41) is 11.4. The highest BCUT2D eigenvalue weighted by Crippen LogP contribution is 2.29. The number of piperazine rings is 1. The molecular weight excluding hydrogens is 369 g/mol. The first kappa shape index (κ1) is 19.1. The van der Waals surface area contributed by atoms with Gasteiger partial charge in [-0.1, -0.05) is 18.2 Å². The standard InChI is InChI=1S/C22H24FN5O/c1-17-21(16-24-27-14-12-26(2)13-15-27)22(29-20-10-8-18(23)9-11-20)28(25-17)19-6-4-3-5-7-19/h3-11,16H,12-15H2,1-2H3. The summed E-state index contributed by atoms with van der Waals surface area (Å²) in [5.74, 6) is 0.790. The summed E-state index contributed by atoms with van der Waals surface area (Å²) < 4.78 is 21.2. The van der Waals surface area contributed by atoms with E-state index < -0.39 is 0 Å². The summed E-state index contributed by atoms with van der Waals surface area (Å²) >= 11 is 0. The lowest BCUT2D eigenvalue weighted by Crippen LogP contribution is -2.41. The second-order valence-electron chi connectivity index (χ2n) is 7.11. The minimum Gasteiger partial charge on any atom is -0.438 e. The van der Waals surface area contributed by atoms with Crippen LogP contribution in [0.3, 0.4) is 0 Å². The molecule has 0 unspecified atom stereocenters. The second-order valence-corrected chi connectivity index (χ2v) is 7.11. The number of likely N-dealkylation sites (N-methyl/N-ethyl adjacent to an activating group) is 1. The van der Waals surface area contributed by atoms with E-state index in [0.29, 0.717) is 11.6 Å². The number of hydrogen-bond donors (Lipinski definition) is 0. The van der Waals surface area contributed by atoms with Crippen molar-refractivity contribution in [3.8, 4) is 17.3 Å². The van der Waals surface area contributed by atoms with Crippen molar-refractivity contribution in [1.29, 1.82) is 0 Å². The Bertz CT molecular complexity index is 976. The van der Waals surface area contributed by atoms with Gasteiger partial charge in [-0.2, -0.15) is 14.9 Å². The number of rotatable bonds is 5. The van der Waals surface area contributed by atoms with Gasteiger partial charge in [0.25, 0.3) is 0 Å². The van der Waals surface area contributed by atoms with E-state index in [9.17, 15) is 4.39 Å². The Morgan fingerprint density at radius 2 is 1.69 bits per heavy atom. The van der Waals surface area contributed by atoms with Crippen molar-refractivity contribution >= 4 is 6.21 Å². The fraction of sp³-hybridized carbons (Fsp3) is 0.273. The zero-order valence-corrected chi connectivity index (χ0v) is 16.6. The molecular formula is C22H24FN5O. The second kappa shape index (κ2) is 8.45. The van der Waals surface area contributed by atoms with Crippen LogP contribution in [0.4, 0.5) is 4.39 Å². The number of para-hydroxylation sites is 1. The maximum atomic E-state index is 13.3. The van der Waals surface area contributed by atoms with Crippen LogP contribution in [0.5, 0.6) is 11.6 Å². The molecule has 2 heterocycles. The van der Waals surface area contributed by atoms with Gasteiger partial charge in [-0.25, -0.2) is 4.39 Å². The third kappa shape index (κ3) is 4.46. The topological polar surface area (TPSA) is 45.9 Å². The number of aromatic nitrogens is 2. The van der Waals surface area contributed by atoms with E-state index in [1.54, 1.807) is 16.8 Å². The van der Waals surface area contributed by atoms with E-state index in [2.05, 4.69) is 27.2 Å². The molecule has 6 nitrogen and oxygen atoms in total. The summed E-state index contributed by atoms with van der Waals surface area (Å²) in [6.45, 7) is 5.67. The number of hydrogen-bond acceptors (Lipinski definition) is 5. The highest BCUT2D eigenvalue weighted by Gasteiger charge is 2.19. The van der Waals surface area contributed by atoms with Crippen LogP contribution in [0, 0.1) is 12.7 Å². The molecule has 150 valence electrons. The lowest BCUT2D eigenvalue weighted by Gasteiger charge is -2.30. The highest BCUT2D eigenvalue weighted by molar-refractivity contribution is 5.84. The van der Waals surface area contributed by atoms with Crippen molar-refractivity contribution in [3.63, 3.8) is 0 Å². The van der Waals surface area contributed by atoms with Gasteiger partial charge < -0.3 is 9.64 Å². The van der Waals surface area contributed by atoms with Crippen molar-refractivity contribution < 1.29 is 9.13 Å². The minimum atomic E-state index is -0.304. The summed E-state index contributed by atoms with van der Waals surface area (Å²) in [6, 6.07) is 15.8. The smallest absolute Gasteiger partial charge is 0.231 e. The molecule has 2 aromatic carbocycles. The highest BCUT2D eigenvalue weighted by atomic mass is 19.1. The van der Waals surface area contributed by atoms with Gasteiger partial charge in [0.15, 0.2) is 0 Å². The molecule has 0 bridgehead atoms. The molecule has 0 amide bonds. The lowest BCUT2D eigenvalue weighted by molar-refractivity contribution is 0.159. The molecule has 0 atom stereocenters. The maximum absolute atomic E-state index is 13.3. The van der Waals surface area contributed by atoms with E-state index in [1.807, 2.05) is 43.5 Å². The number of benzene rings is 2. The lowest BCUT2D eigenvalue weighted by atomic mass is 10.2. The van der Waals surface area contributed by atoms with E-state index in [4.69, 9.17) is 4.74 Å². The Balaban J connectivity index is 1.69. The predicted octanol–water partition coefficient (Wildman–Crippen LogP) is 3.69. The average Bonchev–Trinajstić information content (AvgIpc) is 3.05. The minimum absolute atomic E-state index is 0.304. The summed E-state index contributed by atoms with van der Waals surface area (Å²) in [5.41, 5.74) is 2.49. The zero-order valence-electron chi connectivity index (χ0n) is 16.6. The van der Waals surface area contributed by atoms with Crippen molar-refractivity contribution in [2.75, 3.05) is 33.2 Å². The molecule has 0 radical (unpaired) electrons. The fourth-order valence-electron chi connectivity index (χ4n) is 3.17. The molecule has 29 heavy (non-hydrogen) atoms. The van der Waals surface area contributed by atoms with Gasteiger partial charge in [0.2, 0.25) is 5.88 Å². The third-order valence-corrected chi connectivity index (χ3v) is 4.92. The Labute approximate surface area is 169 Å². The Morgan fingerprint density at radius 3 is 2.38 bits per heavy atom. The van der Waals surface area contributed by atoms with Crippen LogP contribution >= 0.6 is 0 Å². The molecule has 0 aliphatic carbocycles. The molecule has 1 saturated heterocycles. The van der Waals surface area contributed by atoms with Gasteiger partial charge in [0.05, 0.1) is 23.2 Å². The summed E-state index contributed by atoms with van der Waals surface area (Å²) in [7, 11) is 2.11.